The van der Waals surface area contributed by atoms with Crippen LogP contribution in [0, 0.1) is 0 Å². The average Bonchev–Trinajstić information content (AvgIpc) is 2.41. The summed E-state index contributed by atoms with van der Waals surface area (Å²) in [5.41, 5.74) is 0.991. The lowest BCUT2D eigenvalue weighted by molar-refractivity contribution is -0.114. The third kappa shape index (κ3) is 3.59. The first-order valence-electron chi connectivity index (χ1n) is 5.90. The summed E-state index contributed by atoms with van der Waals surface area (Å²) in [5.74, 6) is -0.367. The van der Waals surface area contributed by atoms with Gasteiger partial charge in [-0.3, -0.25) is 4.79 Å². The molecule has 2 aromatic carbocycles. The van der Waals surface area contributed by atoms with Crippen molar-refractivity contribution in [1.29, 1.82) is 0 Å². The van der Waals surface area contributed by atoms with Crippen LogP contribution in [0.2, 0.25) is 5.02 Å². The summed E-state index contributed by atoms with van der Waals surface area (Å²) in [6, 6.07) is 13.1. The number of amides is 1. The van der Waals surface area contributed by atoms with Gasteiger partial charge in [0.15, 0.2) is 0 Å². The first-order valence-corrected chi connectivity index (χ1v) is 6.28. The van der Waals surface area contributed by atoms with Gasteiger partial charge in [0.05, 0.1) is 10.6 Å². The number of benzene rings is 2. The van der Waals surface area contributed by atoms with E-state index in [4.69, 9.17) is 16.3 Å². The summed E-state index contributed by atoms with van der Waals surface area (Å²) >= 11 is 5.91. The number of ether oxygens (including phenoxy) is 1. The van der Waals surface area contributed by atoms with Crippen molar-refractivity contribution in [2.75, 3.05) is 5.32 Å². The number of para-hydroxylation sites is 1. The topological polar surface area (TPSA) is 55.4 Å². The second kappa shape index (κ2) is 6.21. The molecule has 1 N–H and O–H groups in total. The fraction of sp³-hybridized carbons (Fsp3) is 0.0667. The zero-order valence-corrected chi connectivity index (χ0v) is 11.5. The van der Waals surface area contributed by atoms with Gasteiger partial charge in [-0.15, -0.1) is 0 Å². The third-order valence-electron chi connectivity index (χ3n) is 2.48. The van der Waals surface area contributed by atoms with Crippen LogP contribution in [-0.4, -0.2) is 11.9 Å². The lowest BCUT2D eigenvalue weighted by Gasteiger charge is -2.07. The second-order valence-electron chi connectivity index (χ2n) is 4.08. The summed E-state index contributed by atoms with van der Waals surface area (Å²) < 4.78 is 5.19. The molecule has 20 heavy (non-hydrogen) atoms. The largest absolute Gasteiger partial charge is 0.421 e. The molecule has 0 spiro atoms. The molecule has 0 aromatic heterocycles. The van der Waals surface area contributed by atoms with Gasteiger partial charge >= 0.3 is 5.97 Å². The average molecular weight is 290 g/mol. The number of carbonyl (C=O) groups is 2. The van der Waals surface area contributed by atoms with Gasteiger partial charge in [0.1, 0.15) is 5.75 Å². The predicted molar refractivity (Wildman–Crippen MR) is 77.2 cm³/mol. The highest BCUT2D eigenvalue weighted by molar-refractivity contribution is 6.32. The molecular formula is C15H12ClNO3. The Morgan fingerprint density at radius 1 is 1.05 bits per heavy atom. The number of halogens is 1. The molecule has 0 saturated carbocycles. The van der Waals surface area contributed by atoms with E-state index in [-0.39, 0.29) is 5.91 Å². The molecular weight excluding hydrogens is 278 g/mol. The Morgan fingerprint density at radius 2 is 1.70 bits per heavy atom. The van der Waals surface area contributed by atoms with E-state index in [1.165, 1.54) is 6.92 Å². The van der Waals surface area contributed by atoms with Crippen molar-refractivity contribution in [2.45, 2.75) is 6.92 Å². The molecule has 0 aliphatic rings. The number of carbonyl (C=O) groups excluding carboxylic acids is 2. The van der Waals surface area contributed by atoms with Gasteiger partial charge in [-0.05, 0) is 36.4 Å². The Kier molecular flexibility index (Phi) is 4.38. The van der Waals surface area contributed by atoms with Crippen molar-refractivity contribution in [3.63, 3.8) is 0 Å². The predicted octanol–water partition coefficient (Wildman–Crippen LogP) is 3.52. The van der Waals surface area contributed by atoms with Gasteiger partial charge in [-0.1, -0.05) is 23.7 Å². The quantitative estimate of drug-likeness (QED) is 0.695. The standard InChI is InChI=1S/C15H12ClNO3/c1-10(18)17-12-8-6-11(7-9-12)15(19)20-14-5-3-2-4-13(14)16/h2-9H,1H3,(H,17,18). The monoisotopic (exact) mass is 289 g/mol. The summed E-state index contributed by atoms with van der Waals surface area (Å²) in [6.07, 6.45) is 0. The summed E-state index contributed by atoms with van der Waals surface area (Å²) in [4.78, 5) is 22.8. The molecule has 2 aromatic rings. The minimum Gasteiger partial charge on any atom is -0.421 e. The molecule has 102 valence electrons. The Hall–Kier alpha value is -2.33. The Bertz CT molecular complexity index is 638. The molecule has 0 unspecified atom stereocenters. The van der Waals surface area contributed by atoms with Gasteiger partial charge in [0.25, 0.3) is 0 Å². The van der Waals surface area contributed by atoms with E-state index in [1.807, 2.05) is 0 Å². The highest BCUT2D eigenvalue weighted by atomic mass is 35.5. The fourth-order valence-electron chi connectivity index (χ4n) is 1.58. The first-order chi connectivity index (χ1) is 9.56. The van der Waals surface area contributed by atoms with E-state index in [0.717, 1.165) is 0 Å². The molecule has 0 aliphatic heterocycles. The van der Waals surface area contributed by atoms with Crippen molar-refractivity contribution >= 4 is 29.2 Å². The van der Waals surface area contributed by atoms with E-state index in [9.17, 15) is 9.59 Å². The van der Waals surface area contributed by atoms with Crippen molar-refractivity contribution in [2.24, 2.45) is 0 Å². The van der Waals surface area contributed by atoms with Gasteiger partial charge in [-0.25, -0.2) is 4.79 Å². The van der Waals surface area contributed by atoms with Crippen LogP contribution >= 0.6 is 11.6 Å². The Labute approximate surface area is 121 Å². The summed E-state index contributed by atoms with van der Waals surface area (Å²) in [5, 5.41) is 2.99. The van der Waals surface area contributed by atoms with Crippen molar-refractivity contribution in [1.82, 2.24) is 0 Å². The van der Waals surface area contributed by atoms with Crippen molar-refractivity contribution < 1.29 is 14.3 Å². The fourth-order valence-corrected chi connectivity index (χ4v) is 1.75. The number of hydrogen-bond donors (Lipinski definition) is 1. The van der Waals surface area contributed by atoms with Crippen LogP contribution in [0.15, 0.2) is 48.5 Å². The number of rotatable bonds is 3. The normalized spacial score (nSPS) is 9.90. The second-order valence-corrected chi connectivity index (χ2v) is 4.49. The highest BCUT2D eigenvalue weighted by Crippen LogP contribution is 2.24. The minimum atomic E-state index is -0.507. The Balaban J connectivity index is 2.10. The van der Waals surface area contributed by atoms with Crippen LogP contribution in [-0.2, 0) is 4.79 Å². The van der Waals surface area contributed by atoms with Gasteiger partial charge in [-0.2, -0.15) is 0 Å². The van der Waals surface area contributed by atoms with Crippen LogP contribution in [0.4, 0.5) is 5.69 Å². The molecule has 0 bridgehead atoms. The molecule has 0 radical (unpaired) electrons. The molecule has 2 rings (SSSR count). The molecule has 0 aliphatic carbocycles. The first kappa shape index (κ1) is 14.1. The molecule has 0 saturated heterocycles. The summed E-state index contributed by atoms with van der Waals surface area (Å²) in [7, 11) is 0. The van der Waals surface area contributed by atoms with Gasteiger partial charge in [0.2, 0.25) is 5.91 Å². The molecule has 5 heteroatoms. The molecule has 1 amide bonds. The maximum absolute atomic E-state index is 11.9. The number of esters is 1. The molecule has 0 atom stereocenters. The van der Waals surface area contributed by atoms with E-state index < -0.39 is 5.97 Å². The zero-order chi connectivity index (χ0) is 14.5. The maximum Gasteiger partial charge on any atom is 0.343 e. The van der Waals surface area contributed by atoms with Crippen LogP contribution < -0.4 is 10.1 Å². The number of nitrogens with one attached hydrogen (secondary N) is 1. The van der Waals surface area contributed by atoms with Crippen molar-refractivity contribution in [3.8, 4) is 5.75 Å². The van der Waals surface area contributed by atoms with E-state index >= 15 is 0 Å². The molecule has 0 fully saturated rings. The highest BCUT2D eigenvalue weighted by Gasteiger charge is 2.10. The zero-order valence-electron chi connectivity index (χ0n) is 10.7. The SMILES string of the molecule is CC(=O)Nc1ccc(C(=O)Oc2ccccc2Cl)cc1. The van der Waals surface area contributed by atoms with Crippen molar-refractivity contribution in [3.05, 3.63) is 59.1 Å². The minimum absolute atomic E-state index is 0.170. The Morgan fingerprint density at radius 3 is 2.30 bits per heavy atom. The molecule has 4 nitrogen and oxygen atoms in total. The van der Waals surface area contributed by atoms with Crippen LogP contribution in [0.25, 0.3) is 0 Å². The smallest absolute Gasteiger partial charge is 0.343 e. The number of hydrogen-bond acceptors (Lipinski definition) is 3. The lowest BCUT2D eigenvalue weighted by Crippen LogP contribution is -2.09. The van der Waals surface area contributed by atoms with Gasteiger partial charge in [0, 0.05) is 12.6 Å². The van der Waals surface area contributed by atoms with Crippen LogP contribution in [0.1, 0.15) is 17.3 Å². The van der Waals surface area contributed by atoms with Crippen LogP contribution in [0.3, 0.4) is 0 Å². The maximum atomic E-state index is 11.9. The van der Waals surface area contributed by atoms with Crippen LogP contribution in [0.5, 0.6) is 5.75 Å². The van der Waals surface area contributed by atoms with E-state index in [2.05, 4.69) is 5.32 Å². The number of anilines is 1. The van der Waals surface area contributed by atoms with Gasteiger partial charge < -0.3 is 10.1 Å². The molecule has 0 heterocycles. The third-order valence-corrected chi connectivity index (χ3v) is 2.79. The van der Waals surface area contributed by atoms with E-state index in [1.54, 1.807) is 48.5 Å². The van der Waals surface area contributed by atoms with E-state index in [0.29, 0.717) is 22.0 Å². The summed E-state index contributed by atoms with van der Waals surface area (Å²) in [6.45, 7) is 1.42. The lowest BCUT2D eigenvalue weighted by atomic mass is 10.2.